The molecule has 2 aromatic carbocycles. The maximum atomic E-state index is 12.2. The van der Waals surface area contributed by atoms with E-state index in [1.807, 2.05) is 11.1 Å². The summed E-state index contributed by atoms with van der Waals surface area (Å²) in [6, 6.07) is 16.8. The van der Waals surface area contributed by atoms with Crippen LogP contribution in [-0.4, -0.2) is 35.5 Å². The molecule has 1 heterocycles. The first-order valence-electron chi connectivity index (χ1n) is 11.7. The molecule has 1 aromatic heterocycles. The standard InChI is InChI=1S/C27H36N4O/c1-4-18-31(19-5-2)30-27(32)15-14-22-10-12-23(13-11-22)20-28-17-16-24-21(3)29-26-9-7-6-8-25(24)26/h6-15,28-29H,4-5,16-20H2,1-3H3,(H,30,32). The number of H-pyrrole nitrogens is 1. The lowest BCUT2D eigenvalue weighted by atomic mass is 10.1. The van der Waals surface area contributed by atoms with Crippen LogP contribution in [-0.2, 0) is 17.8 Å². The maximum absolute atomic E-state index is 12.2. The Morgan fingerprint density at radius 1 is 1.03 bits per heavy atom. The van der Waals surface area contributed by atoms with Crippen LogP contribution in [0.2, 0.25) is 0 Å². The summed E-state index contributed by atoms with van der Waals surface area (Å²) in [5.74, 6) is -0.0785. The number of fused-ring (bicyclic) bond motifs is 1. The number of para-hydroxylation sites is 1. The van der Waals surface area contributed by atoms with Crippen LogP contribution in [0, 0.1) is 6.92 Å². The van der Waals surface area contributed by atoms with Crippen LogP contribution < -0.4 is 10.7 Å². The number of aromatic amines is 1. The summed E-state index contributed by atoms with van der Waals surface area (Å²) in [6.45, 7) is 9.87. The number of hydrogen-bond donors (Lipinski definition) is 3. The van der Waals surface area contributed by atoms with Gasteiger partial charge in [-0.1, -0.05) is 56.3 Å². The molecular formula is C27H36N4O. The van der Waals surface area contributed by atoms with Crippen molar-refractivity contribution < 1.29 is 4.79 Å². The van der Waals surface area contributed by atoms with Crippen LogP contribution in [0.3, 0.4) is 0 Å². The second-order valence-electron chi connectivity index (χ2n) is 8.24. The molecule has 5 heteroatoms. The molecular weight excluding hydrogens is 396 g/mol. The summed E-state index contributed by atoms with van der Waals surface area (Å²) >= 11 is 0. The van der Waals surface area contributed by atoms with Gasteiger partial charge in [0.2, 0.25) is 0 Å². The van der Waals surface area contributed by atoms with Crippen molar-refractivity contribution in [3.63, 3.8) is 0 Å². The van der Waals surface area contributed by atoms with Crippen molar-refractivity contribution in [3.8, 4) is 0 Å². The zero-order valence-corrected chi connectivity index (χ0v) is 19.6. The minimum Gasteiger partial charge on any atom is -0.358 e. The van der Waals surface area contributed by atoms with Crippen LogP contribution in [0.5, 0.6) is 0 Å². The van der Waals surface area contributed by atoms with Crippen LogP contribution in [0.25, 0.3) is 17.0 Å². The topological polar surface area (TPSA) is 60.2 Å². The van der Waals surface area contributed by atoms with Crippen molar-refractivity contribution >= 4 is 22.9 Å². The molecule has 3 aromatic rings. The van der Waals surface area contributed by atoms with Gasteiger partial charge in [0.1, 0.15) is 0 Å². The Balaban J connectivity index is 1.44. The minimum atomic E-state index is -0.0785. The van der Waals surface area contributed by atoms with Crippen LogP contribution >= 0.6 is 0 Å². The highest BCUT2D eigenvalue weighted by atomic mass is 16.2. The molecule has 32 heavy (non-hydrogen) atoms. The Kier molecular flexibility index (Phi) is 9.08. The number of nitrogens with one attached hydrogen (secondary N) is 3. The summed E-state index contributed by atoms with van der Waals surface area (Å²) in [7, 11) is 0. The highest BCUT2D eigenvalue weighted by Crippen LogP contribution is 2.21. The van der Waals surface area contributed by atoms with Gasteiger partial charge in [-0.3, -0.25) is 10.2 Å². The number of rotatable bonds is 12. The summed E-state index contributed by atoms with van der Waals surface area (Å²) in [5.41, 5.74) is 9.07. The van der Waals surface area contributed by atoms with E-state index in [4.69, 9.17) is 0 Å². The van der Waals surface area contributed by atoms with E-state index in [0.717, 1.165) is 51.0 Å². The number of carbonyl (C=O) groups is 1. The summed E-state index contributed by atoms with van der Waals surface area (Å²) in [6.07, 6.45) is 6.50. The molecule has 170 valence electrons. The van der Waals surface area contributed by atoms with Crippen LogP contribution in [0.1, 0.15) is 49.1 Å². The van der Waals surface area contributed by atoms with Gasteiger partial charge in [-0.25, -0.2) is 5.01 Å². The van der Waals surface area contributed by atoms with Gasteiger partial charge in [-0.15, -0.1) is 0 Å². The summed E-state index contributed by atoms with van der Waals surface area (Å²) < 4.78 is 0. The molecule has 0 atom stereocenters. The summed E-state index contributed by atoms with van der Waals surface area (Å²) in [4.78, 5) is 15.6. The van der Waals surface area contributed by atoms with Crippen molar-refractivity contribution in [1.82, 2.24) is 20.7 Å². The number of aromatic nitrogens is 1. The minimum absolute atomic E-state index is 0.0785. The van der Waals surface area contributed by atoms with Gasteiger partial charge in [-0.05, 0) is 61.6 Å². The lowest BCUT2D eigenvalue weighted by Gasteiger charge is -2.20. The van der Waals surface area contributed by atoms with Gasteiger partial charge in [0, 0.05) is 42.3 Å². The zero-order chi connectivity index (χ0) is 22.8. The Morgan fingerprint density at radius 2 is 1.75 bits per heavy atom. The predicted molar refractivity (Wildman–Crippen MR) is 134 cm³/mol. The van der Waals surface area contributed by atoms with E-state index in [2.05, 4.69) is 85.0 Å². The molecule has 0 aliphatic heterocycles. The van der Waals surface area contributed by atoms with E-state index in [9.17, 15) is 4.79 Å². The van der Waals surface area contributed by atoms with E-state index >= 15 is 0 Å². The highest BCUT2D eigenvalue weighted by Gasteiger charge is 2.07. The SMILES string of the molecule is CCCN(CCC)NC(=O)C=Cc1ccc(CNCCc2c(C)[nH]c3ccccc23)cc1. The van der Waals surface area contributed by atoms with Crippen LogP contribution in [0.15, 0.2) is 54.6 Å². The smallest absolute Gasteiger partial charge is 0.258 e. The van der Waals surface area contributed by atoms with Crippen molar-refractivity contribution in [3.05, 3.63) is 77.0 Å². The van der Waals surface area contributed by atoms with Crippen molar-refractivity contribution in [1.29, 1.82) is 0 Å². The van der Waals surface area contributed by atoms with E-state index in [-0.39, 0.29) is 5.91 Å². The van der Waals surface area contributed by atoms with Gasteiger partial charge < -0.3 is 10.3 Å². The Hall–Kier alpha value is -2.89. The van der Waals surface area contributed by atoms with Gasteiger partial charge >= 0.3 is 0 Å². The number of aryl methyl sites for hydroxylation is 1. The summed E-state index contributed by atoms with van der Waals surface area (Å²) in [5, 5.41) is 6.85. The van der Waals surface area contributed by atoms with Gasteiger partial charge in [-0.2, -0.15) is 0 Å². The van der Waals surface area contributed by atoms with E-state index in [0.29, 0.717) is 0 Å². The second kappa shape index (κ2) is 12.2. The van der Waals surface area contributed by atoms with Gasteiger partial charge in [0.15, 0.2) is 0 Å². The molecule has 0 saturated carbocycles. The zero-order valence-electron chi connectivity index (χ0n) is 19.6. The molecule has 0 radical (unpaired) electrons. The molecule has 0 bridgehead atoms. The third-order valence-electron chi connectivity index (χ3n) is 5.57. The Morgan fingerprint density at radius 3 is 2.47 bits per heavy atom. The van der Waals surface area contributed by atoms with Gasteiger partial charge in [0.05, 0.1) is 0 Å². The fourth-order valence-electron chi connectivity index (χ4n) is 3.98. The molecule has 0 aliphatic carbocycles. The van der Waals surface area contributed by atoms with Crippen molar-refractivity contribution in [2.45, 2.75) is 46.6 Å². The first-order valence-corrected chi connectivity index (χ1v) is 11.7. The molecule has 0 fully saturated rings. The molecule has 0 unspecified atom stereocenters. The predicted octanol–water partition coefficient (Wildman–Crippen LogP) is 4.98. The normalized spacial score (nSPS) is 11.6. The Bertz CT molecular complexity index is 1010. The fourth-order valence-corrected chi connectivity index (χ4v) is 3.98. The molecule has 5 nitrogen and oxygen atoms in total. The monoisotopic (exact) mass is 432 g/mol. The Labute approximate surface area is 191 Å². The highest BCUT2D eigenvalue weighted by molar-refractivity contribution is 5.91. The second-order valence-corrected chi connectivity index (χ2v) is 8.24. The van der Waals surface area contributed by atoms with E-state index < -0.39 is 0 Å². The number of hydrogen-bond acceptors (Lipinski definition) is 3. The number of nitrogens with zero attached hydrogens (tertiary/aromatic N) is 1. The number of carbonyl (C=O) groups excluding carboxylic acids is 1. The molecule has 1 amide bonds. The van der Waals surface area contributed by atoms with E-state index in [1.165, 1.54) is 27.7 Å². The third-order valence-corrected chi connectivity index (χ3v) is 5.57. The molecule has 0 aliphatic rings. The van der Waals surface area contributed by atoms with Crippen molar-refractivity contribution in [2.24, 2.45) is 0 Å². The molecule has 3 rings (SSSR count). The molecule has 0 saturated heterocycles. The average molecular weight is 433 g/mol. The molecule has 0 spiro atoms. The van der Waals surface area contributed by atoms with Gasteiger partial charge in [0.25, 0.3) is 5.91 Å². The fraction of sp³-hybridized carbons (Fsp3) is 0.370. The maximum Gasteiger partial charge on any atom is 0.258 e. The third kappa shape index (κ3) is 6.81. The average Bonchev–Trinajstić information content (AvgIpc) is 3.11. The largest absolute Gasteiger partial charge is 0.358 e. The van der Waals surface area contributed by atoms with Crippen LogP contribution in [0.4, 0.5) is 0 Å². The lowest BCUT2D eigenvalue weighted by Crippen LogP contribution is -2.42. The number of amides is 1. The molecule has 3 N–H and O–H groups in total. The number of benzene rings is 2. The van der Waals surface area contributed by atoms with Crippen molar-refractivity contribution in [2.75, 3.05) is 19.6 Å². The lowest BCUT2D eigenvalue weighted by molar-refractivity contribution is -0.121. The number of hydrazine groups is 1. The first kappa shape index (κ1) is 23.8. The first-order chi connectivity index (χ1) is 15.6. The van der Waals surface area contributed by atoms with E-state index in [1.54, 1.807) is 6.08 Å². The quantitative estimate of drug-likeness (QED) is 0.215.